The number of hydrogen-bond acceptors (Lipinski definition) is 6. The van der Waals surface area contributed by atoms with Crippen LogP contribution in [0.2, 0.25) is 0 Å². The first kappa shape index (κ1) is 20.9. The van der Waals surface area contributed by atoms with Crippen molar-refractivity contribution in [2.45, 2.75) is 31.7 Å². The van der Waals surface area contributed by atoms with E-state index in [4.69, 9.17) is 13.9 Å². The fraction of sp³-hybridized carbons (Fsp3) is 0.286. The van der Waals surface area contributed by atoms with Crippen molar-refractivity contribution in [1.82, 2.24) is 4.72 Å². The van der Waals surface area contributed by atoms with Gasteiger partial charge in [-0.25, -0.2) is 17.9 Å². The molecule has 3 rings (SSSR count). The minimum Gasteiger partial charge on any atom is -0.497 e. The van der Waals surface area contributed by atoms with Crippen LogP contribution >= 0.6 is 0 Å². The van der Waals surface area contributed by atoms with E-state index in [0.717, 1.165) is 5.56 Å². The van der Waals surface area contributed by atoms with E-state index in [2.05, 4.69) is 4.72 Å². The lowest BCUT2D eigenvalue weighted by Crippen LogP contribution is -2.26. The molecule has 29 heavy (non-hydrogen) atoms. The molecule has 0 saturated carbocycles. The van der Waals surface area contributed by atoms with Crippen LogP contribution in [0.3, 0.4) is 0 Å². The predicted octanol–water partition coefficient (Wildman–Crippen LogP) is 3.97. The number of sulfonamides is 1. The van der Waals surface area contributed by atoms with Gasteiger partial charge in [0.1, 0.15) is 11.3 Å². The highest BCUT2D eigenvalue weighted by Gasteiger charge is 2.23. The molecule has 1 unspecified atom stereocenters. The molecule has 1 N–H and O–H groups in total. The standard InChI is InChI=1S/C21H23NO6S/c1-5-27-21(23)20-13(2)18-12-17(9-10-19(18)28-20)29(24,25)22-14(3)15-7-6-8-16(11-15)26-4/h6-12,14,22H,5H2,1-4H3. The van der Waals surface area contributed by atoms with Crippen LogP contribution in [-0.4, -0.2) is 28.1 Å². The number of esters is 1. The number of methoxy groups -OCH3 is 1. The molecule has 8 heteroatoms. The summed E-state index contributed by atoms with van der Waals surface area (Å²) in [6.07, 6.45) is 0. The molecule has 0 spiro atoms. The molecule has 2 aromatic carbocycles. The topological polar surface area (TPSA) is 94.8 Å². The van der Waals surface area contributed by atoms with Crippen LogP contribution in [-0.2, 0) is 14.8 Å². The second-order valence-electron chi connectivity index (χ2n) is 6.55. The average Bonchev–Trinajstić information content (AvgIpc) is 3.04. The Kier molecular flexibility index (Phi) is 5.95. The molecule has 3 aromatic rings. The van der Waals surface area contributed by atoms with Crippen LogP contribution in [0.1, 0.15) is 41.6 Å². The van der Waals surface area contributed by atoms with E-state index >= 15 is 0 Å². The number of fused-ring (bicyclic) bond motifs is 1. The maximum Gasteiger partial charge on any atom is 0.374 e. The summed E-state index contributed by atoms with van der Waals surface area (Å²) < 4.78 is 44.2. The van der Waals surface area contributed by atoms with Gasteiger partial charge in [0.2, 0.25) is 15.8 Å². The lowest BCUT2D eigenvalue weighted by molar-refractivity contribution is 0.0491. The van der Waals surface area contributed by atoms with Crippen molar-refractivity contribution in [2.75, 3.05) is 13.7 Å². The Morgan fingerprint density at radius 1 is 1.21 bits per heavy atom. The zero-order valence-corrected chi connectivity index (χ0v) is 17.5. The largest absolute Gasteiger partial charge is 0.497 e. The number of benzene rings is 2. The molecule has 0 amide bonds. The van der Waals surface area contributed by atoms with Gasteiger partial charge in [-0.1, -0.05) is 12.1 Å². The number of ether oxygens (including phenoxy) is 2. The number of nitrogens with one attached hydrogen (secondary N) is 1. The van der Waals surface area contributed by atoms with Gasteiger partial charge in [0.25, 0.3) is 0 Å². The van der Waals surface area contributed by atoms with Crippen LogP contribution in [0.4, 0.5) is 0 Å². The average molecular weight is 417 g/mol. The van der Waals surface area contributed by atoms with Gasteiger partial charge in [0.05, 0.1) is 18.6 Å². The first-order chi connectivity index (χ1) is 13.8. The monoisotopic (exact) mass is 417 g/mol. The third-order valence-electron chi connectivity index (χ3n) is 4.60. The van der Waals surface area contributed by atoms with Crippen LogP contribution in [0.5, 0.6) is 5.75 Å². The highest BCUT2D eigenvalue weighted by Crippen LogP contribution is 2.29. The summed E-state index contributed by atoms with van der Waals surface area (Å²) in [6, 6.07) is 11.2. The van der Waals surface area contributed by atoms with Gasteiger partial charge in [-0.3, -0.25) is 0 Å². The lowest BCUT2D eigenvalue weighted by Gasteiger charge is -2.15. The number of rotatable bonds is 7. The van der Waals surface area contributed by atoms with Crippen LogP contribution in [0.25, 0.3) is 11.0 Å². The summed E-state index contributed by atoms with van der Waals surface area (Å²) in [5, 5.41) is 0.546. The molecule has 154 valence electrons. The summed E-state index contributed by atoms with van der Waals surface area (Å²) in [5.41, 5.74) is 1.74. The van der Waals surface area contributed by atoms with E-state index in [-0.39, 0.29) is 17.3 Å². The van der Waals surface area contributed by atoms with Crippen molar-refractivity contribution in [2.24, 2.45) is 0 Å². The number of carbonyl (C=O) groups excluding carboxylic acids is 1. The van der Waals surface area contributed by atoms with Crippen molar-refractivity contribution in [3.8, 4) is 5.75 Å². The number of carbonyl (C=O) groups is 1. The number of aryl methyl sites for hydroxylation is 1. The molecule has 0 aliphatic carbocycles. The Labute approximate surface area is 169 Å². The van der Waals surface area contributed by atoms with Gasteiger partial charge < -0.3 is 13.9 Å². The zero-order chi connectivity index (χ0) is 21.2. The fourth-order valence-electron chi connectivity index (χ4n) is 3.04. The maximum atomic E-state index is 12.9. The minimum atomic E-state index is -3.81. The molecule has 0 saturated heterocycles. The first-order valence-corrected chi connectivity index (χ1v) is 10.6. The Hall–Kier alpha value is -2.84. The number of furan rings is 1. The second-order valence-corrected chi connectivity index (χ2v) is 8.27. The van der Waals surface area contributed by atoms with Crippen molar-refractivity contribution in [3.63, 3.8) is 0 Å². The quantitative estimate of drug-likeness (QED) is 0.585. The fourth-order valence-corrected chi connectivity index (χ4v) is 4.30. The molecule has 1 aromatic heterocycles. The summed E-state index contributed by atoms with van der Waals surface area (Å²) in [6.45, 7) is 5.38. The molecule has 1 atom stereocenters. The maximum absolute atomic E-state index is 12.9. The molecular formula is C21H23NO6S. The SMILES string of the molecule is CCOC(=O)c1oc2ccc(S(=O)(=O)NC(C)c3cccc(OC)c3)cc2c1C. The van der Waals surface area contributed by atoms with Crippen molar-refractivity contribution in [1.29, 1.82) is 0 Å². The zero-order valence-electron chi connectivity index (χ0n) is 16.7. The van der Waals surface area contributed by atoms with Gasteiger partial charge in [0, 0.05) is 17.0 Å². The van der Waals surface area contributed by atoms with Crippen molar-refractivity contribution < 1.29 is 27.1 Å². The van der Waals surface area contributed by atoms with Crippen LogP contribution < -0.4 is 9.46 Å². The van der Waals surface area contributed by atoms with Crippen molar-refractivity contribution >= 4 is 27.0 Å². The second kappa shape index (κ2) is 8.26. The smallest absolute Gasteiger partial charge is 0.374 e. The molecule has 0 radical (unpaired) electrons. The predicted molar refractivity (Wildman–Crippen MR) is 109 cm³/mol. The van der Waals surface area contributed by atoms with Gasteiger partial charge in [-0.15, -0.1) is 0 Å². The Morgan fingerprint density at radius 2 is 1.97 bits per heavy atom. The van der Waals surface area contributed by atoms with E-state index in [9.17, 15) is 13.2 Å². The summed E-state index contributed by atoms with van der Waals surface area (Å²) in [5.74, 6) is 0.153. The minimum absolute atomic E-state index is 0.0779. The lowest BCUT2D eigenvalue weighted by atomic mass is 10.1. The molecule has 7 nitrogen and oxygen atoms in total. The first-order valence-electron chi connectivity index (χ1n) is 9.13. The van der Waals surface area contributed by atoms with Gasteiger partial charge in [-0.2, -0.15) is 0 Å². The van der Waals surface area contributed by atoms with E-state index in [1.54, 1.807) is 46.1 Å². The molecule has 0 bridgehead atoms. The van der Waals surface area contributed by atoms with Gasteiger partial charge >= 0.3 is 5.97 Å². The molecule has 1 heterocycles. The Bertz CT molecular complexity index is 1150. The molecule has 0 aliphatic heterocycles. The Balaban J connectivity index is 1.92. The third-order valence-corrected chi connectivity index (χ3v) is 6.14. The van der Waals surface area contributed by atoms with E-state index in [1.807, 2.05) is 6.07 Å². The van der Waals surface area contributed by atoms with E-state index in [1.165, 1.54) is 18.2 Å². The van der Waals surface area contributed by atoms with E-state index < -0.39 is 22.0 Å². The van der Waals surface area contributed by atoms with Gasteiger partial charge in [0.15, 0.2) is 0 Å². The summed E-state index contributed by atoms with van der Waals surface area (Å²) >= 11 is 0. The van der Waals surface area contributed by atoms with Crippen molar-refractivity contribution in [3.05, 3.63) is 59.4 Å². The van der Waals surface area contributed by atoms with Gasteiger partial charge in [-0.05, 0) is 56.7 Å². The highest BCUT2D eigenvalue weighted by molar-refractivity contribution is 7.89. The summed E-state index contributed by atoms with van der Waals surface area (Å²) in [4.78, 5) is 12.1. The van der Waals surface area contributed by atoms with E-state index in [0.29, 0.717) is 22.3 Å². The molecule has 0 fully saturated rings. The highest BCUT2D eigenvalue weighted by atomic mass is 32.2. The Morgan fingerprint density at radius 3 is 2.66 bits per heavy atom. The molecule has 0 aliphatic rings. The summed E-state index contributed by atoms with van der Waals surface area (Å²) in [7, 11) is -2.25. The number of hydrogen-bond donors (Lipinski definition) is 1. The molecular weight excluding hydrogens is 394 g/mol. The van der Waals surface area contributed by atoms with Crippen LogP contribution in [0.15, 0.2) is 51.8 Å². The normalized spacial score (nSPS) is 12.7. The third kappa shape index (κ3) is 4.28. The van der Waals surface area contributed by atoms with Crippen LogP contribution in [0, 0.1) is 6.92 Å².